The molecule has 0 saturated carbocycles. The Balaban J connectivity index is 1.62. The number of hydrogen-bond acceptors (Lipinski definition) is 8. The van der Waals surface area contributed by atoms with E-state index in [0.29, 0.717) is 31.0 Å². The van der Waals surface area contributed by atoms with Gasteiger partial charge in [-0.25, -0.2) is 9.97 Å². The molecule has 9 nitrogen and oxygen atoms in total. The van der Waals surface area contributed by atoms with Gasteiger partial charge in [0.2, 0.25) is 11.6 Å². The van der Waals surface area contributed by atoms with E-state index in [9.17, 15) is 10.1 Å². The Labute approximate surface area is 182 Å². The standard InChI is InChI=1S/C22H29N5O4/c1-30-18-9-8-17(14-19(18)31-2)11-13-24-22-20(27(28)29)21(25-15-26-22)23-12-10-16-6-4-3-5-7-16/h6,8-9,14-15H,3-5,7,10-13H2,1-2H3,(H2,23,24,25,26). The van der Waals surface area contributed by atoms with Gasteiger partial charge >= 0.3 is 5.69 Å². The van der Waals surface area contributed by atoms with Crippen molar-refractivity contribution in [2.45, 2.75) is 38.5 Å². The van der Waals surface area contributed by atoms with Crippen LogP contribution in [0, 0.1) is 10.1 Å². The summed E-state index contributed by atoms with van der Waals surface area (Å²) in [6, 6.07) is 5.66. The van der Waals surface area contributed by atoms with Crippen molar-refractivity contribution in [3.8, 4) is 11.5 Å². The van der Waals surface area contributed by atoms with Gasteiger partial charge in [0.15, 0.2) is 11.5 Å². The number of rotatable bonds is 11. The summed E-state index contributed by atoms with van der Waals surface area (Å²) in [7, 11) is 3.18. The van der Waals surface area contributed by atoms with Crippen molar-refractivity contribution in [1.29, 1.82) is 0 Å². The van der Waals surface area contributed by atoms with E-state index < -0.39 is 4.92 Å². The van der Waals surface area contributed by atoms with Crippen molar-refractivity contribution in [3.63, 3.8) is 0 Å². The molecule has 1 aromatic heterocycles. The van der Waals surface area contributed by atoms with E-state index in [0.717, 1.165) is 24.8 Å². The maximum Gasteiger partial charge on any atom is 0.353 e. The van der Waals surface area contributed by atoms with E-state index in [2.05, 4.69) is 26.7 Å². The van der Waals surface area contributed by atoms with Crippen LogP contribution >= 0.6 is 0 Å². The van der Waals surface area contributed by atoms with E-state index >= 15 is 0 Å². The third-order valence-corrected chi connectivity index (χ3v) is 5.28. The van der Waals surface area contributed by atoms with Gasteiger partial charge in [0.05, 0.1) is 19.1 Å². The Morgan fingerprint density at radius 2 is 1.74 bits per heavy atom. The predicted octanol–water partition coefficient (Wildman–Crippen LogP) is 4.36. The van der Waals surface area contributed by atoms with Gasteiger partial charge in [-0.15, -0.1) is 0 Å². The fourth-order valence-corrected chi connectivity index (χ4v) is 3.64. The first-order valence-electron chi connectivity index (χ1n) is 10.5. The molecule has 0 bridgehead atoms. The van der Waals surface area contributed by atoms with E-state index in [1.165, 1.54) is 24.7 Å². The minimum Gasteiger partial charge on any atom is -0.493 e. The topological polar surface area (TPSA) is 111 Å². The zero-order chi connectivity index (χ0) is 22.1. The smallest absolute Gasteiger partial charge is 0.353 e. The lowest BCUT2D eigenvalue weighted by Crippen LogP contribution is -2.13. The van der Waals surface area contributed by atoms with Crippen LogP contribution in [0.25, 0.3) is 0 Å². The monoisotopic (exact) mass is 427 g/mol. The second-order valence-electron chi connectivity index (χ2n) is 7.33. The van der Waals surface area contributed by atoms with E-state index in [-0.39, 0.29) is 17.3 Å². The molecular formula is C22H29N5O4. The first-order chi connectivity index (χ1) is 15.1. The summed E-state index contributed by atoms with van der Waals surface area (Å²) in [5, 5.41) is 17.9. The Morgan fingerprint density at radius 1 is 1.03 bits per heavy atom. The minimum atomic E-state index is -0.443. The number of benzene rings is 1. The summed E-state index contributed by atoms with van der Waals surface area (Å²) in [6.45, 7) is 1.08. The molecule has 2 N–H and O–H groups in total. The number of anilines is 2. The summed E-state index contributed by atoms with van der Waals surface area (Å²) in [6.07, 6.45) is 9.81. The maximum atomic E-state index is 11.7. The average Bonchev–Trinajstić information content (AvgIpc) is 2.79. The van der Waals surface area contributed by atoms with Crippen molar-refractivity contribution in [3.05, 3.63) is 51.9 Å². The van der Waals surface area contributed by atoms with Crippen molar-refractivity contribution in [2.75, 3.05) is 37.9 Å². The van der Waals surface area contributed by atoms with Gasteiger partial charge in [0, 0.05) is 13.1 Å². The molecule has 1 aliphatic carbocycles. The molecule has 0 saturated heterocycles. The van der Waals surface area contributed by atoms with Crippen LogP contribution in [-0.4, -0.2) is 42.2 Å². The lowest BCUT2D eigenvalue weighted by Gasteiger charge is -2.14. The number of allylic oxidation sites excluding steroid dienone is 1. The maximum absolute atomic E-state index is 11.7. The Kier molecular flexibility index (Phi) is 8.03. The van der Waals surface area contributed by atoms with Crippen LogP contribution in [0.15, 0.2) is 36.2 Å². The summed E-state index contributed by atoms with van der Waals surface area (Å²) in [5.41, 5.74) is 2.29. The van der Waals surface area contributed by atoms with Gasteiger partial charge in [0.1, 0.15) is 6.33 Å². The Bertz CT molecular complexity index is 932. The first kappa shape index (κ1) is 22.3. The molecule has 1 aromatic carbocycles. The van der Waals surface area contributed by atoms with Crippen molar-refractivity contribution in [2.24, 2.45) is 0 Å². The zero-order valence-corrected chi connectivity index (χ0v) is 18.0. The molecule has 166 valence electrons. The van der Waals surface area contributed by atoms with Crippen LogP contribution in [0.3, 0.4) is 0 Å². The first-order valence-corrected chi connectivity index (χ1v) is 10.5. The van der Waals surface area contributed by atoms with Gasteiger partial charge in [-0.05, 0) is 56.2 Å². The van der Waals surface area contributed by atoms with E-state index in [4.69, 9.17) is 9.47 Å². The molecule has 31 heavy (non-hydrogen) atoms. The number of nitrogens with one attached hydrogen (secondary N) is 2. The molecule has 9 heteroatoms. The molecule has 1 heterocycles. The molecule has 0 unspecified atom stereocenters. The summed E-state index contributed by atoms with van der Waals surface area (Å²) in [4.78, 5) is 19.4. The lowest BCUT2D eigenvalue weighted by molar-refractivity contribution is -0.383. The van der Waals surface area contributed by atoms with Crippen LogP contribution in [-0.2, 0) is 6.42 Å². The highest BCUT2D eigenvalue weighted by molar-refractivity contribution is 5.69. The molecule has 2 aromatic rings. The molecule has 1 aliphatic rings. The Hall–Kier alpha value is -3.36. The molecule has 0 amide bonds. The number of aromatic nitrogens is 2. The summed E-state index contributed by atoms with van der Waals surface area (Å²) < 4.78 is 10.6. The van der Waals surface area contributed by atoms with Crippen molar-refractivity contribution in [1.82, 2.24) is 9.97 Å². The zero-order valence-electron chi connectivity index (χ0n) is 18.0. The number of methoxy groups -OCH3 is 2. The number of hydrogen-bond donors (Lipinski definition) is 2. The third-order valence-electron chi connectivity index (χ3n) is 5.28. The largest absolute Gasteiger partial charge is 0.493 e. The van der Waals surface area contributed by atoms with Crippen LogP contribution < -0.4 is 20.1 Å². The molecular weight excluding hydrogens is 398 g/mol. The fraction of sp³-hybridized carbons (Fsp3) is 0.455. The second-order valence-corrected chi connectivity index (χ2v) is 7.33. The average molecular weight is 428 g/mol. The molecule has 0 radical (unpaired) electrons. The highest BCUT2D eigenvalue weighted by Crippen LogP contribution is 2.30. The molecule has 0 aliphatic heterocycles. The molecule has 0 fully saturated rings. The lowest BCUT2D eigenvalue weighted by atomic mass is 9.97. The van der Waals surface area contributed by atoms with Gasteiger partial charge in [0.25, 0.3) is 0 Å². The molecule has 0 atom stereocenters. The number of ether oxygens (including phenoxy) is 2. The second kappa shape index (κ2) is 11.1. The molecule has 0 spiro atoms. The van der Waals surface area contributed by atoms with Crippen molar-refractivity contribution < 1.29 is 14.4 Å². The summed E-state index contributed by atoms with van der Waals surface area (Å²) in [5.74, 6) is 1.75. The van der Waals surface area contributed by atoms with E-state index in [1.54, 1.807) is 14.2 Å². The van der Waals surface area contributed by atoms with Gasteiger partial charge < -0.3 is 20.1 Å². The van der Waals surface area contributed by atoms with Gasteiger partial charge in [-0.2, -0.15) is 0 Å². The van der Waals surface area contributed by atoms with Crippen LogP contribution in [0.5, 0.6) is 11.5 Å². The van der Waals surface area contributed by atoms with Gasteiger partial charge in [-0.1, -0.05) is 17.7 Å². The fourth-order valence-electron chi connectivity index (χ4n) is 3.64. The van der Waals surface area contributed by atoms with Gasteiger partial charge in [-0.3, -0.25) is 10.1 Å². The van der Waals surface area contributed by atoms with Crippen LogP contribution in [0.2, 0.25) is 0 Å². The highest BCUT2D eigenvalue weighted by Gasteiger charge is 2.22. The minimum absolute atomic E-state index is 0.132. The normalized spacial score (nSPS) is 13.3. The predicted molar refractivity (Wildman–Crippen MR) is 120 cm³/mol. The van der Waals surface area contributed by atoms with E-state index in [1.807, 2.05) is 18.2 Å². The molecule has 3 rings (SSSR count). The number of nitrogens with zero attached hydrogens (tertiary/aromatic N) is 3. The summed E-state index contributed by atoms with van der Waals surface area (Å²) >= 11 is 0. The SMILES string of the molecule is COc1ccc(CCNc2ncnc(NCCC3=CCCCC3)c2[N+](=O)[O-])cc1OC. The Morgan fingerprint density at radius 3 is 2.35 bits per heavy atom. The van der Waals surface area contributed by atoms with Crippen molar-refractivity contribution >= 4 is 17.3 Å². The number of nitro groups is 1. The highest BCUT2D eigenvalue weighted by atomic mass is 16.6. The van der Waals surface area contributed by atoms with Crippen LogP contribution in [0.4, 0.5) is 17.3 Å². The van der Waals surface area contributed by atoms with Crippen LogP contribution in [0.1, 0.15) is 37.7 Å². The third kappa shape index (κ3) is 6.07. The quantitative estimate of drug-likeness (QED) is 0.309.